The van der Waals surface area contributed by atoms with Crippen molar-refractivity contribution in [2.75, 3.05) is 21.3 Å². The molecular weight excluding hydrogens is 612 g/mol. The first kappa shape index (κ1) is 40.6. The maximum absolute atomic E-state index is 14.1. The summed E-state index contributed by atoms with van der Waals surface area (Å²) in [5.74, 6) is -1.05. The summed E-state index contributed by atoms with van der Waals surface area (Å²) >= 11 is 0. The zero-order chi connectivity index (χ0) is 35.8. The summed E-state index contributed by atoms with van der Waals surface area (Å²) in [7, 11) is 4.83. The number of ether oxygens (including phenoxy) is 2. The third-order valence-electron chi connectivity index (χ3n) is 8.68. The van der Waals surface area contributed by atoms with Gasteiger partial charge >= 0.3 is 0 Å². The quantitative estimate of drug-likeness (QED) is 0.239. The molecule has 1 heterocycles. The van der Waals surface area contributed by atoms with E-state index in [0.717, 1.165) is 44.1 Å². The number of methoxy groups -OCH3 is 2. The van der Waals surface area contributed by atoms with E-state index in [2.05, 4.69) is 16.0 Å². The standard InChI is InChI=1S/C37H60N4O7/c1-9-15-26-16-13-11-10-12-14-17-27(37(46)41(6)23-28-18-19-29(47-7)22-32(28)48-8)21-30(33(42)36(45)38-25(4)5)39-35(44)31(20-24(2)3)40-34(26)43/h12,14,18-19,22,24-27,30-31,33,42H,9-11,13,15-17,20-21,23H2,1-8H3,(H,38,45)(H,39,44)(H,40,43)/b14-12+/t26?,27?,30-,31-,33+/m0/s1. The molecule has 0 aromatic heterocycles. The lowest BCUT2D eigenvalue weighted by molar-refractivity contribution is -0.139. The van der Waals surface area contributed by atoms with E-state index >= 15 is 0 Å². The average molecular weight is 673 g/mol. The van der Waals surface area contributed by atoms with Gasteiger partial charge in [0.15, 0.2) is 6.10 Å². The largest absolute Gasteiger partial charge is 0.497 e. The Kier molecular flexibility index (Phi) is 17.5. The Morgan fingerprint density at radius 3 is 2.40 bits per heavy atom. The lowest BCUT2D eigenvalue weighted by Crippen LogP contribution is -2.57. The Morgan fingerprint density at radius 1 is 1.04 bits per heavy atom. The summed E-state index contributed by atoms with van der Waals surface area (Å²) < 4.78 is 10.9. The van der Waals surface area contributed by atoms with Crippen molar-refractivity contribution >= 4 is 23.6 Å². The minimum absolute atomic E-state index is 0.00644. The fourth-order valence-corrected chi connectivity index (χ4v) is 6.11. The molecule has 270 valence electrons. The number of aliphatic hydroxyl groups is 1. The van der Waals surface area contributed by atoms with Crippen LogP contribution in [-0.4, -0.2) is 79.1 Å². The van der Waals surface area contributed by atoms with Gasteiger partial charge in [0.1, 0.15) is 17.5 Å². The molecule has 0 fully saturated rings. The van der Waals surface area contributed by atoms with Gasteiger partial charge in [0.25, 0.3) is 5.91 Å². The molecule has 11 nitrogen and oxygen atoms in total. The van der Waals surface area contributed by atoms with Crippen molar-refractivity contribution < 1.29 is 33.8 Å². The Bertz CT molecular complexity index is 1220. The minimum Gasteiger partial charge on any atom is -0.497 e. The highest BCUT2D eigenvalue weighted by Crippen LogP contribution is 2.27. The van der Waals surface area contributed by atoms with Gasteiger partial charge in [-0.05, 0) is 76.8 Å². The van der Waals surface area contributed by atoms with Gasteiger partial charge in [0.05, 0.1) is 20.3 Å². The van der Waals surface area contributed by atoms with E-state index < -0.39 is 35.9 Å². The molecule has 0 saturated carbocycles. The van der Waals surface area contributed by atoms with Gasteiger partial charge < -0.3 is 35.4 Å². The summed E-state index contributed by atoms with van der Waals surface area (Å²) in [6.45, 7) is 9.80. The number of carbonyl (C=O) groups excluding carboxylic acids is 4. The second-order valence-corrected chi connectivity index (χ2v) is 13.7. The smallest absolute Gasteiger partial charge is 0.251 e. The molecule has 5 atom stereocenters. The van der Waals surface area contributed by atoms with Crippen molar-refractivity contribution in [3.63, 3.8) is 0 Å². The van der Waals surface area contributed by atoms with Crippen LogP contribution in [0.1, 0.15) is 98.0 Å². The summed E-state index contributed by atoms with van der Waals surface area (Å²) in [5.41, 5.74) is 0.785. The molecule has 4 N–H and O–H groups in total. The number of aliphatic hydroxyl groups excluding tert-OH is 1. The third-order valence-corrected chi connectivity index (χ3v) is 8.68. The molecule has 4 amide bonds. The number of allylic oxidation sites excluding steroid dienone is 2. The highest BCUT2D eigenvalue weighted by atomic mass is 16.5. The van der Waals surface area contributed by atoms with Gasteiger partial charge in [0.2, 0.25) is 17.7 Å². The van der Waals surface area contributed by atoms with Gasteiger partial charge in [-0.3, -0.25) is 19.2 Å². The van der Waals surface area contributed by atoms with Crippen LogP contribution in [0.25, 0.3) is 0 Å². The number of nitrogens with zero attached hydrogens (tertiary/aromatic N) is 1. The number of hydrogen-bond donors (Lipinski definition) is 4. The number of amides is 4. The Balaban J connectivity index is 2.49. The summed E-state index contributed by atoms with van der Waals surface area (Å²) in [4.78, 5) is 56.1. The highest BCUT2D eigenvalue weighted by Gasteiger charge is 2.36. The summed E-state index contributed by atoms with van der Waals surface area (Å²) in [6, 6.07) is 3.22. The fourth-order valence-electron chi connectivity index (χ4n) is 6.11. The molecule has 1 aromatic rings. The van der Waals surface area contributed by atoms with E-state index in [9.17, 15) is 24.3 Å². The van der Waals surface area contributed by atoms with Crippen LogP contribution >= 0.6 is 0 Å². The maximum atomic E-state index is 14.1. The fraction of sp³-hybridized carbons (Fsp3) is 0.676. The first-order chi connectivity index (χ1) is 22.8. The summed E-state index contributed by atoms with van der Waals surface area (Å²) in [6.07, 6.45) is 8.02. The Labute approximate surface area is 287 Å². The van der Waals surface area contributed by atoms with E-state index in [0.29, 0.717) is 24.3 Å². The molecule has 2 unspecified atom stereocenters. The third kappa shape index (κ3) is 13.1. The van der Waals surface area contributed by atoms with Crippen LogP contribution in [0, 0.1) is 17.8 Å². The summed E-state index contributed by atoms with van der Waals surface area (Å²) in [5, 5.41) is 19.9. The van der Waals surface area contributed by atoms with E-state index in [1.807, 2.05) is 39.0 Å². The van der Waals surface area contributed by atoms with Gasteiger partial charge in [-0.25, -0.2) is 0 Å². The van der Waals surface area contributed by atoms with Crippen LogP contribution in [0.15, 0.2) is 30.4 Å². The predicted molar refractivity (Wildman–Crippen MR) is 187 cm³/mol. The van der Waals surface area contributed by atoms with E-state index in [1.165, 1.54) is 0 Å². The highest BCUT2D eigenvalue weighted by molar-refractivity contribution is 5.90. The number of carbonyl (C=O) groups is 4. The second kappa shape index (κ2) is 20.7. The van der Waals surface area contributed by atoms with Gasteiger partial charge in [-0.1, -0.05) is 45.8 Å². The van der Waals surface area contributed by atoms with Crippen LogP contribution in [0.2, 0.25) is 0 Å². The first-order valence-electron chi connectivity index (χ1n) is 17.5. The van der Waals surface area contributed by atoms with Crippen molar-refractivity contribution in [3.8, 4) is 11.5 Å². The first-order valence-corrected chi connectivity index (χ1v) is 17.5. The van der Waals surface area contributed by atoms with Crippen LogP contribution < -0.4 is 25.4 Å². The molecule has 0 saturated heterocycles. The zero-order valence-corrected chi connectivity index (χ0v) is 30.3. The van der Waals surface area contributed by atoms with Crippen LogP contribution in [-0.2, 0) is 25.7 Å². The molecule has 48 heavy (non-hydrogen) atoms. The van der Waals surface area contributed by atoms with Crippen LogP contribution in [0.5, 0.6) is 11.5 Å². The molecule has 1 aliphatic rings. The molecule has 0 spiro atoms. The molecule has 0 radical (unpaired) electrons. The van der Waals surface area contributed by atoms with Crippen molar-refractivity contribution in [3.05, 3.63) is 35.9 Å². The van der Waals surface area contributed by atoms with Crippen LogP contribution in [0.4, 0.5) is 0 Å². The number of hydrogen-bond acceptors (Lipinski definition) is 7. The lowest BCUT2D eigenvalue weighted by Gasteiger charge is -2.31. The van der Waals surface area contributed by atoms with Crippen molar-refractivity contribution in [2.24, 2.45) is 17.8 Å². The number of rotatable bonds is 12. The van der Waals surface area contributed by atoms with Crippen molar-refractivity contribution in [2.45, 2.75) is 123 Å². The molecule has 0 bridgehead atoms. The molecule has 1 aromatic carbocycles. The Hall–Kier alpha value is -3.60. The average Bonchev–Trinajstić information content (AvgIpc) is 3.04. The number of nitrogens with one attached hydrogen (secondary N) is 3. The van der Waals surface area contributed by atoms with Gasteiger partial charge in [0, 0.05) is 43.1 Å². The molecule has 2 rings (SSSR count). The van der Waals surface area contributed by atoms with Crippen molar-refractivity contribution in [1.29, 1.82) is 0 Å². The second-order valence-electron chi connectivity index (χ2n) is 13.7. The Morgan fingerprint density at radius 2 is 1.77 bits per heavy atom. The normalized spacial score (nSPS) is 22.7. The maximum Gasteiger partial charge on any atom is 0.251 e. The molecule has 1 aliphatic heterocycles. The molecule has 11 heteroatoms. The topological polar surface area (TPSA) is 146 Å². The lowest BCUT2D eigenvalue weighted by atomic mass is 9.90. The van der Waals surface area contributed by atoms with E-state index in [-0.39, 0.29) is 42.7 Å². The minimum atomic E-state index is -1.62. The van der Waals surface area contributed by atoms with E-state index in [1.54, 1.807) is 52.1 Å². The van der Waals surface area contributed by atoms with E-state index in [4.69, 9.17) is 9.47 Å². The predicted octanol–water partition coefficient (Wildman–Crippen LogP) is 4.51. The van der Waals surface area contributed by atoms with Gasteiger partial charge in [-0.15, -0.1) is 0 Å². The monoisotopic (exact) mass is 672 g/mol. The molecule has 0 aliphatic carbocycles. The van der Waals surface area contributed by atoms with Gasteiger partial charge in [-0.2, -0.15) is 0 Å². The zero-order valence-electron chi connectivity index (χ0n) is 30.3. The number of benzene rings is 1. The molecular formula is C37H60N4O7. The van der Waals surface area contributed by atoms with Crippen molar-refractivity contribution in [1.82, 2.24) is 20.9 Å². The van der Waals surface area contributed by atoms with Crippen LogP contribution in [0.3, 0.4) is 0 Å². The SMILES string of the molecule is CCCC1CCCC/C=C/CC(C(=O)N(C)Cc2ccc(OC)cc2OC)C[C@@H]([C@@H](O)C(=O)NC(C)C)NC(=O)[C@H](CC(C)C)NC1=O.